The number of carbonyl (C=O) groups is 1. The predicted octanol–water partition coefficient (Wildman–Crippen LogP) is 0.389. The second-order valence-electron chi connectivity index (χ2n) is 4.02. The van der Waals surface area contributed by atoms with Crippen molar-refractivity contribution in [3.63, 3.8) is 0 Å². The molecule has 1 aromatic rings. The Labute approximate surface area is 107 Å². The first-order valence-electron chi connectivity index (χ1n) is 6.12. The molecule has 6 heteroatoms. The van der Waals surface area contributed by atoms with Gasteiger partial charge >= 0.3 is 0 Å². The van der Waals surface area contributed by atoms with Gasteiger partial charge in [-0.05, 0) is 6.42 Å². The molecule has 18 heavy (non-hydrogen) atoms. The van der Waals surface area contributed by atoms with Gasteiger partial charge in [0.2, 0.25) is 5.91 Å². The van der Waals surface area contributed by atoms with Crippen LogP contribution in [0.1, 0.15) is 30.9 Å². The molecule has 1 atom stereocenters. The zero-order valence-electron chi connectivity index (χ0n) is 11.2. The van der Waals surface area contributed by atoms with E-state index in [1.807, 2.05) is 13.8 Å². The molecule has 0 aromatic carbocycles. The second kappa shape index (κ2) is 7.13. The molecule has 102 valence electrons. The highest BCUT2D eigenvalue weighted by Gasteiger charge is 2.17. The van der Waals surface area contributed by atoms with Gasteiger partial charge in [-0.25, -0.2) is 0 Å². The van der Waals surface area contributed by atoms with Crippen molar-refractivity contribution in [1.82, 2.24) is 10.5 Å². The van der Waals surface area contributed by atoms with Crippen LogP contribution in [0.4, 0.5) is 0 Å². The van der Waals surface area contributed by atoms with Crippen molar-refractivity contribution >= 4 is 5.91 Å². The number of hydrogen-bond donors (Lipinski definition) is 2. The lowest BCUT2D eigenvalue weighted by molar-refractivity contribution is -0.123. The highest BCUT2D eigenvalue weighted by atomic mass is 16.5. The maximum absolute atomic E-state index is 11.7. The van der Waals surface area contributed by atoms with E-state index in [0.717, 1.165) is 29.9 Å². The van der Waals surface area contributed by atoms with Gasteiger partial charge in [-0.3, -0.25) is 4.79 Å². The molecular formula is C12H21N3O3. The van der Waals surface area contributed by atoms with Gasteiger partial charge in [0, 0.05) is 25.6 Å². The first-order valence-corrected chi connectivity index (χ1v) is 6.12. The van der Waals surface area contributed by atoms with E-state index in [0.29, 0.717) is 6.54 Å². The Morgan fingerprint density at radius 2 is 2.22 bits per heavy atom. The highest BCUT2D eigenvalue weighted by molar-refractivity contribution is 5.81. The fraction of sp³-hybridized carbons (Fsp3) is 0.667. The van der Waals surface area contributed by atoms with Gasteiger partial charge in [-0.15, -0.1) is 0 Å². The Morgan fingerprint density at radius 1 is 1.50 bits per heavy atom. The Bertz CT molecular complexity index is 368. The molecule has 0 aliphatic rings. The van der Waals surface area contributed by atoms with Crippen molar-refractivity contribution < 1.29 is 14.1 Å². The van der Waals surface area contributed by atoms with Crippen molar-refractivity contribution in [2.45, 2.75) is 39.3 Å². The summed E-state index contributed by atoms with van der Waals surface area (Å²) in [6.07, 6.45) is 1.53. The third kappa shape index (κ3) is 3.54. The van der Waals surface area contributed by atoms with Crippen LogP contribution in [0.5, 0.6) is 0 Å². The molecule has 0 saturated heterocycles. The Morgan fingerprint density at radius 3 is 2.78 bits per heavy atom. The maximum Gasteiger partial charge on any atom is 0.239 e. The molecule has 0 aliphatic heterocycles. The molecule has 1 amide bonds. The summed E-state index contributed by atoms with van der Waals surface area (Å²) in [4.78, 5) is 11.7. The maximum atomic E-state index is 11.7. The van der Waals surface area contributed by atoms with Gasteiger partial charge in [0.25, 0.3) is 0 Å². The van der Waals surface area contributed by atoms with Crippen molar-refractivity contribution in [3.8, 4) is 0 Å². The predicted molar refractivity (Wildman–Crippen MR) is 67.0 cm³/mol. The van der Waals surface area contributed by atoms with Crippen LogP contribution in [0.15, 0.2) is 4.52 Å². The van der Waals surface area contributed by atoms with Gasteiger partial charge in [-0.1, -0.05) is 19.0 Å². The number of aryl methyl sites for hydroxylation is 2. The number of amides is 1. The molecule has 1 heterocycles. The topological polar surface area (TPSA) is 90.4 Å². The fourth-order valence-corrected chi connectivity index (χ4v) is 1.70. The average Bonchev–Trinajstić information content (AvgIpc) is 2.78. The molecule has 0 radical (unpaired) electrons. The Hall–Kier alpha value is -1.40. The molecule has 0 fully saturated rings. The molecule has 0 aliphatic carbocycles. The summed E-state index contributed by atoms with van der Waals surface area (Å²) in [5.41, 5.74) is 7.47. The minimum atomic E-state index is -0.648. The first-order chi connectivity index (χ1) is 8.63. The quantitative estimate of drug-likeness (QED) is 0.735. The molecule has 0 saturated carbocycles. The van der Waals surface area contributed by atoms with E-state index < -0.39 is 6.04 Å². The summed E-state index contributed by atoms with van der Waals surface area (Å²) in [5, 5.41) is 6.76. The molecular weight excluding hydrogens is 234 g/mol. The van der Waals surface area contributed by atoms with E-state index in [1.54, 1.807) is 0 Å². The summed E-state index contributed by atoms with van der Waals surface area (Å²) in [6.45, 7) is 4.59. The standard InChI is InChI=1S/C12H21N3O3/c1-4-10-8(11(5-2)18-15-10)6-14-12(16)9(13)7-17-3/h9H,4-7,13H2,1-3H3,(H,14,16). The van der Waals surface area contributed by atoms with Crippen LogP contribution >= 0.6 is 0 Å². The number of methoxy groups -OCH3 is 1. The van der Waals surface area contributed by atoms with Crippen LogP contribution in [0.25, 0.3) is 0 Å². The van der Waals surface area contributed by atoms with Crippen LogP contribution in [-0.4, -0.2) is 30.8 Å². The normalized spacial score (nSPS) is 12.4. The van der Waals surface area contributed by atoms with Crippen molar-refractivity contribution in [2.24, 2.45) is 5.73 Å². The van der Waals surface area contributed by atoms with Gasteiger partial charge in [0.05, 0.1) is 12.3 Å². The minimum Gasteiger partial charge on any atom is -0.383 e. The van der Waals surface area contributed by atoms with Gasteiger partial charge < -0.3 is 20.3 Å². The number of ether oxygens (including phenoxy) is 1. The summed E-state index contributed by atoms with van der Waals surface area (Å²) in [7, 11) is 1.51. The molecule has 1 aromatic heterocycles. The lowest BCUT2D eigenvalue weighted by atomic mass is 10.1. The third-order valence-corrected chi connectivity index (χ3v) is 2.73. The van der Waals surface area contributed by atoms with E-state index in [9.17, 15) is 4.79 Å². The van der Waals surface area contributed by atoms with Crippen LogP contribution in [0.3, 0.4) is 0 Å². The molecule has 0 spiro atoms. The fourth-order valence-electron chi connectivity index (χ4n) is 1.70. The number of nitrogens with two attached hydrogens (primary N) is 1. The van der Waals surface area contributed by atoms with Crippen molar-refractivity contribution in [1.29, 1.82) is 0 Å². The minimum absolute atomic E-state index is 0.205. The van der Waals surface area contributed by atoms with E-state index in [1.165, 1.54) is 7.11 Å². The third-order valence-electron chi connectivity index (χ3n) is 2.73. The lowest BCUT2D eigenvalue weighted by Crippen LogP contribution is -2.43. The number of nitrogens with zero attached hydrogens (tertiary/aromatic N) is 1. The smallest absolute Gasteiger partial charge is 0.239 e. The second-order valence-corrected chi connectivity index (χ2v) is 4.02. The first kappa shape index (κ1) is 14.7. The van der Waals surface area contributed by atoms with Crippen LogP contribution in [-0.2, 0) is 28.9 Å². The highest BCUT2D eigenvalue weighted by Crippen LogP contribution is 2.15. The number of hydrogen-bond acceptors (Lipinski definition) is 5. The summed E-state index contributed by atoms with van der Waals surface area (Å²) < 4.78 is 10.1. The molecule has 0 bridgehead atoms. The molecule has 1 unspecified atom stereocenters. The zero-order chi connectivity index (χ0) is 13.5. The molecule has 1 rings (SSSR count). The lowest BCUT2D eigenvalue weighted by Gasteiger charge is -2.11. The average molecular weight is 255 g/mol. The summed E-state index contributed by atoms with van der Waals surface area (Å²) >= 11 is 0. The number of carbonyl (C=O) groups excluding carboxylic acids is 1. The Balaban J connectivity index is 2.62. The summed E-state index contributed by atoms with van der Waals surface area (Å²) in [5.74, 6) is 0.578. The van der Waals surface area contributed by atoms with Crippen molar-refractivity contribution in [3.05, 3.63) is 17.0 Å². The van der Waals surface area contributed by atoms with Crippen LogP contribution < -0.4 is 11.1 Å². The molecule has 3 N–H and O–H groups in total. The number of nitrogens with one attached hydrogen (secondary N) is 1. The van der Waals surface area contributed by atoms with E-state index in [4.69, 9.17) is 15.0 Å². The van der Waals surface area contributed by atoms with Gasteiger partial charge in [0.15, 0.2) is 0 Å². The van der Waals surface area contributed by atoms with E-state index in [-0.39, 0.29) is 12.5 Å². The van der Waals surface area contributed by atoms with Crippen LogP contribution in [0, 0.1) is 0 Å². The molecule has 6 nitrogen and oxygen atoms in total. The largest absolute Gasteiger partial charge is 0.383 e. The monoisotopic (exact) mass is 255 g/mol. The Kier molecular flexibility index (Phi) is 5.80. The SMILES string of the molecule is CCc1noc(CC)c1CNC(=O)C(N)COC. The van der Waals surface area contributed by atoms with Crippen molar-refractivity contribution in [2.75, 3.05) is 13.7 Å². The van der Waals surface area contributed by atoms with Crippen LogP contribution in [0.2, 0.25) is 0 Å². The van der Waals surface area contributed by atoms with Gasteiger partial charge in [-0.2, -0.15) is 0 Å². The van der Waals surface area contributed by atoms with E-state index >= 15 is 0 Å². The number of rotatable bonds is 7. The zero-order valence-corrected chi connectivity index (χ0v) is 11.2. The van der Waals surface area contributed by atoms with Gasteiger partial charge in [0.1, 0.15) is 11.8 Å². The van der Waals surface area contributed by atoms with E-state index in [2.05, 4.69) is 10.5 Å². The summed E-state index contributed by atoms with van der Waals surface area (Å²) in [6, 6.07) is -0.648. The number of aromatic nitrogens is 1.